The van der Waals surface area contributed by atoms with Crippen molar-refractivity contribution in [3.8, 4) is 0 Å². The number of sulfone groups is 1. The van der Waals surface area contributed by atoms with Crippen LogP contribution in [0.15, 0.2) is 18.2 Å². The SMILES string of the molecule is CCC1(c2cc(CS(=O)(=O)C3CC3)ccc2F)[C@@H]2CN(CCCC3CCC(F)(F)CC3)C[C@@H]21. The van der Waals surface area contributed by atoms with Gasteiger partial charge >= 0.3 is 0 Å². The smallest absolute Gasteiger partial charge is 0.248 e. The van der Waals surface area contributed by atoms with Crippen molar-refractivity contribution in [1.29, 1.82) is 0 Å². The maximum absolute atomic E-state index is 14.9. The van der Waals surface area contributed by atoms with Crippen LogP contribution in [0, 0.1) is 23.6 Å². The van der Waals surface area contributed by atoms with E-state index in [-0.39, 0.29) is 35.1 Å². The molecule has 33 heavy (non-hydrogen) atoms. The van der Waals surface area contributed by atoms with Crippen molar-refractivity contribution in [1.82, 2.24) is 4.90 Å². The molecule has 3 nitrogen and oxygen atoms in total. The zero-order chi connectivity index (χ0) is 23.4. The average molecular weight is 484 g/mol. The third-order valence-corrected chi connectivity index (χ3v) is 11.3. The van der Waals surface area contributed by atoms with Crippen molar-refractivity contribution in [2.24, 2.45) is 17.8 Å². The first kappa shape index (κ1) is 23.7. The van der Waals surface area contributed by atoms with Crippen LogP contribution < -0.4 is 0 Å². The van der Waals surface area contributed by atoms with Gasteiger partial charge in [0.1, 0.15) is 5.82 Å². The van der Waals surface area contributed by atoms with Crippen LogP contribution in [0.3, 0.4) is 0 Å². The second-order valence-electron chi connectivity index (χ2n) is 11.1. The number of benzene rings is 1. The lowest BCUT2D eigenvalue weighted by Gasteiger charge is -2.30. The fraction of sp³-hybridized carbons (Fsp3) is 0.769. The van der Waals surface area contributed by atoms with E-state index in [1.54, 1.807) is 6.07 Å². The summed E-state index contributed by atoms with van der Waals surface area (Å²) in [5.41, 5.74) is 1.26. The fourth-order valence-corrected chi connectivity index (χ4v) is 8.64. The Morgan fingerprint density at radius 3 is 2.33 bits per heavy atom. The molecule has 3 aliphatic carbocycles. The minimum Gasteiger partial charge on any atom is -0.303 e. The van der Waals surface area contributed by atoms with E-state index in [0.29, 0.717) is 41.7 Å². The van der Waals surface area contributed by atoms with Gasteiger partial charge in [0.2, 0.25) is 5.92 Å². The molecule has 4 aliphatic rings. The maximum atomic E-state index is 14.9. The Morgan fingerprint density at radius 2 is 1.73 bits per heavy atom. The Hall–Kier alpha value is -1.08. The summed E-state index contributed by atoms with van der Waals surface area (Å²) in [6, 6.07) is 4.93. The standard InChI is InChI=1S/C26H36F3NO2S/c1-2-26(21-14-19(5-8-24(21)27)17-33(31,32)20-6-7-20)22-15-30(16-23(22)26)13-3-4-18-9-11-25(28,29)12-10-18/h5,8,14,18,20,22-23H,2-4,6-7,9-13,15-17H2,1H3/t22-,23+,26?. The molecule has 4 fully saturated rings. The number of piperidine rings is 1. The van der Waals surface area contributed by atoms with Gasteiger partial charge < -0.3 is 4.90 Å². The molecule has 7 heteroatoms. The van der Waals surface area contributed by atoms with Gasteiger partial charge in [0.25, 0.3) is 0 Å². The number of fused-ring (bicyclic) bond motifs is 1. The largest absolute Gasteiger partial charge is 0.303 e. The molecule has 3 atom stereocenters. The highest BCUT2D eigenvalue weighted by Crippen LogP contribution is 2.66. The van der Waals surface area contributed by atoms with Crippen molar-refractivity contribution < 1.29 is 21.6 Å². The molecule has 0 spiro atoms. The summed E-state index contributed by atoms with van der Waals surface area (Å²) in [6.07, 6.45) is 5.79. The molecule has 1 aliphatic heterocycles. The third kappa shape index (κ3) is 4.61. The zero-order valence-corrected chi connectivity index (χ0v) is 20.4. The Bertz CT molecular complexity index is 969. The summed E-state index contributed by atoms with van der Waals surface area (Å²) in [5.74, 6) is -1.38. The zero-order valence-electron chi connectivity index (χ0n) is 19.5. The molecular formula is C26H36F3NO2S. The van der Waals surface area contributed by atoms with Crippen LogP contribution in [-0.4, -0.2) is 44.1 Å². The number of halogens is 3. The molecule has 0 radical (unpaired) electrons. The van der Waals surface area contributed by atoms with E-state index in [1.165, 1.54) is 6.07 Å². The van der Waals surface area contributed by atoms with Gasteiger partial charge in [0.05, 0.1) is 11.0 Å². The highest BCUT2D eigenvalue weighted by Gasteiger charge is 2.68. The summed E-state index contributed by atoms with van der Waals surface area (Å²) in [6.45, 7) is 5.01. The Labute approximate surface area is 196 Å². The molecule has 1 aromatic carbocycles. The van der Waals surface area contributed by atoms with Gasteiger partial charge in [-0.3, -0.25) is 0 Å². The molecule has 0 N–H and O–H groups in total. The van der Waals surface area contributed by atoms with Gasteiger partial charge in [-0.2, -0.15) is 0 Å². The van der Waals surface area contributed by atoms with Gasteiger partial charge in [0.15, 0.2) is 9.84 Å². The van der Waals surface area contributed by atoms with E-state index in [9.17, 15) is 21.6 Å². The number of hydrogen-bond acceptors (Lipinski definition) is 3. The topological polar surface area (TPSA) is 37.4 Å². The molecule has 184 valence electrons. The molecule has 0 bridgehead atoms. The quantitative estimate of drug-likeness (QED) is 0.451. The first-order valence-electron chi connectivity index (χ1n) is 12.8. The predicted molar refractivity (Wildman–Crippen MR) is 124 cm³/mol. The minimum absolute atomic E-state index is 0.0132. The van der Waals surface area contributed by atoms with Crippen molar-refractivity contribution in [2.45, 2.75) is 87.1 Å². The van der Waals surface area contributed by atoms with E-state index >= 15 is 0 Å². The van der Waals surface area contributed by atoms with Crippen LogP contribution in [0.1, 0.15) is 75.8 Å². The van der Waals surface area contributed by atoms with Crippen LogP contribution >= 0.6 is 0 Å². The molecule has 0 amide bonds. The van der Waals surface area contributed by atoms with Crippen LogP contribution in [-0.2, 0) is 21.0 Å². The molecule has 5 rings (SSSR count). The molecule has 1 aromatic rings. The first-order valence-corrected chi connectivity index (χ1v) is 14.5. The lowest BCUT2D eigenvalue weighted by molar-refractivity contribution is -0.0468. The van der Waals surface area contributed by atoms with Gasteiger partial charge in [-0.25, -0.2) is 21.6 Å². The van der Waals surface area contributed by atoms with E-state index in [4.69, 9.17) is 0 Å². The summed E-state index contributed by atoms with van der Waals surface area (Å²) >= 11 is 0. The molecule has 1 heterocycles. The highest BCUT2D eigenvalue weighted by molar-refractivity contribution is 7.91. The fourth-order valence-electron chi connectivity index (χ4n) is 6.90. The van der Waals surface area contributed by atoms with Crippen molar-refractivity contribution in [3.05, 3.63) is 35.1 Å². The van der Waals surface area contributed by atoms with Gasteiger partial charge in [-0.05, 0) is 86.4 Å². The maximum Gasteiger partial charge on any atom is 0.248 e. The van der Waals surface area contributed by atoms with Gasteiger partial charge in [0, 0.05) is 31.3 Å². The number of likely N-dealkylation sites (tertiary alicyclic amines) is 1. The van der Waals surface area contributed by atoms with Gasteiger partial charge in [-0.1, -0.05) is 19.1 Å². The number of nitrogens with zero attached hydrogens (tertiary/aromatic N) is 1. The second-order valence-corrected chi connectivity index (χ2v) is 13.4. The lowest BCUT2D eigenvalue weighted by Crippen LogP contribution is -2.32. The normalized spacial score (nSPS) is 32.1. The number of rotatable bonds is 9. The average Bonchev–Trinajstić information content (AvgIpc) is 3.67. The molecule has 1 unspecified atom stereocenters. The third-order valence-electron chi connectivity index (χ3n) is 9.05. The van der Waals surface area contributed by atoms with E-state index < -0.39 is 15.8 Å². The Balaban J connectivity index is 1.17. The van der Waals surface area contributed by atoms with Crippen molar-refractivity contribution in [3.63, 3.8) is 0 Å². The van der Waals surface area contributed by atoms with E-state index in [0.717, 1.165) is 51.7 Å². The summed E-state index contributed by atoms with van der Waals surface area (Å²) in [4.78, 5) is 2.46. The highest BCUT2D eigenvalue weighted by atomic mass is 32.2. The summed E-state index contributed by atoms with van der Waals surface area (Å²) in [5, 5.41) is -0.204. The minimum atomic E-state index is -3.13. The van der Waals surface area contributed by atoms with Crippen molar-refractivity contribution >= 4 is 9.84 Å². The lowest BCUT2D eigenvalue weighted by atomic mass is 9.84. The summed E-state index contributed by atoms with van der Waals surface area (Å²) < 4.78 is 66.5. The summed E-state index contributed by atoms with van der Waals surface area (Å²) in [7, 11) is -3.13. The number of hydrogen-bond donors (Lipinski definition) is 0. The number of alkyl halides is 2. The molecule has 3 saturated carbocycles. The van der Waals surface area contributed by atoms with E-state index in [2.05, 4.69) is 11.8 Å². The van der Waals surface area contributed by atoms with Gasteiger partial charge in [-0.15, -0.1) is 0 Å². The Kier molecular flexibility index (Phi) is 6.12. The predicted octanol–water partition coefficient (Wildman–Crippen LogP) is 5.72. The van der Waals surface area contributed by atoms with Crippen molar-refractivity contribution in [2.75, 3.05) is 19.6 Å². The Morgan fingerprint density at radius 1 is 1.06 bits per heavy atom. The molecule has 1 saturated heterocycles. The van der Waals surface area contributed by atoms with Crippen LogP contribution in [0.5, 0.6) is 0 Å². The second kappa shape index (κ2) is 8.54. The molecular weight excluding hydrogens is 447 g/mol. The van der Waals surface area contributed by atoms with E-state index in [1.807, 2.05) is 6.07 Å². The van der Waals surface area contributed by atoms with Crippen LogP contribution in [0.25, 0.3) is 0 Å². The first-order chi connectivity index (χ1) is 15.6. The van der Waals surface area contributed by atoms with Crippen LogP contribution in [0.2, 0.25) is 0 Å². The molecule has 0 aromatic heterocycles. The monoisotopic (exact) mass is 483 g/mol. The van der Waals surface area contributed by atoms with Crippen LogP contribution in [0.4, 0.5) is 13.2 Å².